The lowest BCUT2D eigenvalue weighted by molar-refractivity contribution is -0.0114. The molecule has 1 aromatic rings. The highest BCUT2D eigenvalue weighted by Gasteiger charge is 2.39. The van der Waals surface area contributed by atoms with Crippen molar-refractivity contribution in [1.82, 2.24) is 9.29 Å². The number of ether oxygens (including phenoxy) is 1. The van der Waals surface area contributed by atoms with Gasteiger partial charge in [0.25, 0.3) is 0 Å². The SMILES string of the molecule is O=S(=O)(c1ccc(Cl)nc1)N1CC2CCC(C1)O2. The summed E-state index contributed by atoms with van der Waals surface area (Å²) in [5.41, 5.74) is 0. The molecule has 2 aliphatic heterocycles. The topological polar surface area (TPSA) is 59.5 Å². The van der Waals surface area contributed by atoms with Crippen LogP contribution in [0.5, 0.6) is 0 Å². The van der Waals surface area contributed by atoms with E-state index in [0.29, 0.717) is 13.1 Å². The van der Waals surface area contributed by atoms with Crippen LogP contribution >= 0.6 is 11.6 Å². The second-order valence-corrected chi connectivity index (χ2v) is 6.92. The predicted octanol–water partition coefficient (Wildman–Crippen LogP) is 1.29. The number of nitrogens with zero attached hydrogens (tertiary/aromatic N) is 2. The van der Waals surface area contributed by atoms with Gasteiger partial charge in [-0.1, -0.05) is 11.6 Å². The van der Waals surface area contributed by atoms with Gasteiger partial charge in [0.2, 0.25) is 10.0 Å². The molecule has 0 aromatic carbocycles. The van der Waals surface area contributed by atoms with Crippen molar-refractivity contribution in [2.75, 3.05) is 13.1 Å². The van der Waals surface area contributed by atoms with E-state index in [-0.39, 0.29) is 22.3 Å². The van der Waals surface area contributed by atoms with Gasteiger partial charge in [0.05, 0.1) is 12.2 Å². The normalized spacial score (nSPS) is 28.5. The maximum absolute atomic E-state index is 12.4. The molecular formula is C11H13ClN2O3S. The number of morpholine rings is 1. The zero-order valence-corrected chi connectivity index (χ0v) is 11.2. The highest BCUT2D eigenvalue weighted by atomic mass is 35.5. The maximum atomic E-state index is 12.4. The van der Waals surface area contributed by atoms with Crippen molar-refractivity contribution in [3.05, 3.63) is 23.5 Å². The van der Waals surface area contributed by atoms with Gasteiger partial charge in [-0.15, -0.1) is 0 Å². The molecule has 2 aliphatic rings. The van der Waals surface area contributed by atoms with Crippen LogP contribution in [-0.4, -0.2) is 43.0 Å². The molecule has 0 aliphatic carbocycles. The van der Waals surface area contributed by atoms with Crippen LogP contribution in [0.2, 0.25) is 5.15 Å². The zero-order valence-electron chi connectivity index (χ0n) is 9.62. The number of hydrogen-bond donors (Lipinski definition) is 0. The molecule has 5 nitrogen and oxygen atoms in total. The van der Waals surface area contributed by atoms with Gasteiger partial charge in [-0.25, -0.2) is 13.4 Å². The molecular weight excluding hydrogens is 276 g/mol. The Morgan fingerprint density at radius 3 is 2.50 bits per heavy atom. The van der Waals surface area contributed by atoms with Gasteiger partial charge in [-0.2, -0.15) is 4.31 Å². The molecule has 2 atom stereocenters. The summed E-state index contributed by atoms with van der Waals surface area (Å²) in [6.07, 6.45) is 3.26. The third-order valence-corrected chi connectivity index (χ3v) is 5.39. The fourth-order valence-corrected chi connectivity index (χ4v) is 4.00. The molecule has 2 saturated heterocycles. The molecule has 0 amide bonds. The monoisotopic (exact) mass is 288 g/mol. The number of rotatable bonds is 2. The molecule has 2 unspecified atom stereocenters. The van der Waals surface area contributed by atoms with Crippen LogP contribution < -0.4 is 0 Å². The first-order chi connectivity index (χ1) is 8.55. The van der Waals surface area contributed by atoms with Gasteiger partial charge in [0.15, 0.2) is 0 Å². The molecule has 2 fully saturated rings. The molecule has 0 N–H and O–H groups in total. The van der Waals surface area contributed by atoms with Crippen LogP contribution in [0.1, 0.15) is 12.8 Å². The predicted molar refractivity (Wildman–Crippen MR) is 65.9 cm³/mol. The molecule has 98 valence electrons. The summed E-state index contributed by atoms with van der Waals surface area (Å²) in [5.74, 6) is 0. The average molecular weight is 289 g/mol. The van der Waals surface area contributed by atoms with E-state index < -0.39 is 10.0 Å². The van der Waals surface area contributed by atoms with Gasteiger partial charge in [0, 0.05) is 19.3 Å². The van der Waals surface area contributed by atoms with E-state index in [4.69, 9.17) is 16.3 Å². The lowest BCUT2D eigenvalue weighted by Gasteiger charge is -2.31. The first-order valence-electron chi connectivity index (χ1n) is 5.83. The Morgan fingerprint density at radius 1 is 1.28 bits per heavy atom. The van der Waals surface area contributed by atoms with Crippen LogP contribution in [0.4, 0.5) is 0 Å². The number of aromatic nitrogens is 1. The lowest BCUT2D eigenvalue weighted by atomic mass is 10.2. The molecule has 1 aromatic heterocycles. The summed E-state index contributed by atoms with van der Waals surface area (Å²) in [7, 11) is -3.47. The van der Waals surface area contributed by atoms with E-state index in [1.54, 1.807) is 0 Å². The van der Waals surface area contributed by atoms with Gasteiger partial charge in [-0.3, -0.25) is 0 Å². The molecule has 0 saturated carbocycles. The summed E-state index contributed by atoms with van der Waals surface area (Å²) < 4.78 is 31.9. The van der Waals surface area contributed by atoms with Gasteiger partial charge >= 0.3 is 0 Å². The fraction of sp³-hybridized carbons (Fsp3) is 0.545. The number of hydrogen-bond acceptors (Lipinski definition) is 4. The quantitative estimate of drug-likeness (QED) is 0.770. The molecule has 2 bridgehead atoms. The summed E-state index contributed by atoms with van der Waals surface area (Å²) in [6, 6.07) is 2.98. The first-order valence-corrected chi connectivity index (χ1v) is 7.65. The molecule has 7 heteroatoms. The minimum Gasteiger partial charge on any atom is -0.372 e. The number of halogens is 1. The van der Waals surface area contributed by atoms with E-state index in [1.807, 2.05) is 0 Å². The highest BCUT2D eigenvalue weighted by molar-refractivity contribution is 7.89. The van der Waals surface area contributed by atoms with Gasteiger partial charge in [-0.05, 0) is 25.0 Å². The zero-order chi connectivity index (χ0) is 12.8. The van der Waals surface area contributed by atoms with Crippen molar-refractivity contribution in [1.29, 1.82) is 0 Å². The Hall–Kier alpha value is -0.690. The summed E-state index contributed by atoms with van der Waals surface area (Å²) in [6.45, 7) is 0.864. The van der Waals surface area contributed by atoms with Crippen LogP contribution in [-0.2, 0) is 14.8 Å². The van der Waals surface area contributed by atoms with Crippen molar-refractivity contribution >= 4 is 21.6 Å². The molecule has 0 radical (unpaired) electrons. The van der Waals surface area contributed by atoms with E-state index in [0.717, 1.165) is 12.8 Å². The van der Waals surface area contributed by atoms with Crippen molar-refractivity contribution in [2.24, 2.45) is 0 Å². The Labute approximate surface area is 111 Å². The second-order valence-electron chi connectivity index (χ2n) is 4.60. The number of fused-ring (bicyclic) bond motifs is 2. The van der Waals surface area contributed by atoms with Crippen molar-refractivity contribution in [3.8, 4) is 0 Å². The second kappa shape index (κ2) is 4.45. The van der Waals surface area contributed by atoms with Crippen LogP contribution in [0.25, 0.3) is 0 Å². The van der Waals surface area contributed by atoms with E-state index in [2.05, 4.69) is 4.98 Å². The van der Waals surface area contributed by atoms with Gasteiger partial charge in [0.1, 0.15) is 10.0 Å². The number of pyridine rings is 1. The van der Waals surface area contributed by atoms with Crippen molar-refractivity contribution in [3.63, 3.8) is 0 Å². The van der Waals surface area contributed by atoms with Crippen LogP contribution in [0, 0.1) is 0 Å². The highest BCUT2D eigenvalue weighted by Crippen LogP contribution is 2.29. The van der Waals surface area contributed by atoms with E-state index in [1.165, 1.54) is 22.6 Å². The van der Waals surface area contributed by atoms with Crippen molar-refractivity contribution in [2.45, 2.75) is 29.9 Å². The van der Waals surface area contributed by atoms with Crippen LogP contribution in [0.3, 0.4) is 0 Å². The summed E-state index contributed by atoms with van der Waals surface area (Å²) in [4.78, 5) is 4.01. The average Bonchev–Trinajstić information content (AvgIpc) is 2.68. The lowest BCUT2D eigenvalue weighted by Crippen LogP contribution is -2.45. The fourth-order valence-electron chi connectivity index (χ4n) is 2.44. The Balaban J connectivity index is 1.88. The molecule has 0 spiro atoms. The third-order valence-electron chi connectivity index (χ3n) is 3.35. The van der Waals surface area contributed by atoms with E-state index >= 15 is 0 Å². The molecule has 3 heterocycles. The molecule has 3 rings (SSSR count). The Bertz CT molecular complexity index is 534. The van der Waals surface area contributed by atoms with Gasteiger partial charge < -0.3 is 4.74 Å². The Kier molecular flexibility index (Phi) is 3.05. The first kappa shape index (κ1) is 12.3. The Morgan fingerprint density at radius 2 is 1.94 bits per heavy atom. The molecule has 18 heavy (non-hydrogen) atoms. The third kappa shape index (κ3) is 2.14. The minimum absolute atomic E-state index is 0.0405. The largest absolute Gasteiger partial charge is 0.372 e. The van der Waals surface area contributed by atoms with E-state index in [9.17, 15) is 8.42 Å². The maximum Gasteiger partial charge on any atom is 0.244 e. The standard InChI is InChI=1S/C11H13ClN2O3S/c12-11-4-3-10(5-13-11)18(15,16)14-6-8-1-2-9(7-14)17-8/h3-5,8-9H,1-2,6-7H2. The number of sulfonamides is 1. The van der Waals surface area contributed by atoms with Crippen molar-refractivity contribution < 1.29 is 13.2 Å². The van der Waals surface area contributed by atoms with Crippen LogP contribution in [0.15, 0.2) is 23.2 Å². The summed E-state index contributed by atoms with van der Waals surface area (Å²) >= 11 is 5.66. The smallest absolute Gasteiger partial charge is 0.244 e. The summed E-state index contributed by atoms with van der Waals surface area (Å²) in [5, 5.41) is 0.288. The minimum atomic E-state index is -3.47.